The molecule has 196 valence electrons. The van der Waals surface area contributed by atoms with E-state index >= 15 is 0 Å². The smallest absolute Gasteiger partial charge is 0.338 e. The summed E-state index contributed by atoms with van der Waals surface area (Å²) >= 11 is 4.63. The van der Waals surface area contributed by atoms with Gasteiger partial charge in [0.1, 0.15) is 18.1 Å². The van der Waals surface area contributed by atoms with Crippen LogP contribution in [0.4, 0.5) is 0 Å². The highest BCUT2D eigenvalue weighted by atomic mass is 79.9. The second kappa shape index (κ2) is 11.7. The minimum absolute atomic E-state index is 0.194. The van der Waals surface area contributed by atoms with E-state index in [2.05, 4.69) is 27.5 Å². The van der Waals surface area contributed by atoms with Crippen molar-refractivity contribution in [2.75, 3.05) is 13.2 Å². The van der Waals surface area contributed by atoms with E-state index in [-0.39, 0.29) is 12.2 Å². The highest BCUT2D eigenvalue weighted by Crippen LogP contribution is 2.32. The van der Waals surface area contributed by atoms with E-state index < -0.39 is 18.0 Å². The SMILES string of the molecule is C=CCOc1ccc(C2C(C(=O)OCC)=C(C)N=c3s/c(=C\c4ccc(OC(C)=O)c(Br)c4)c(=O)n32)cc1. The van der Waals surface area contributed by atoms with Crippen molar-refractivity contribution in [1.29, 1.82) is 0 Å². The lowest BCUT2D eigenvalue weighted by atomic mass is 9.96. The molecule has 1 atom stereocenters. The third-order valence-corrected chi connectivity index (χ3v) is 7.19. The molecule has 3 aromatic rings. The van der Waals surface area contributed by atoms with Crippen LogP contribution in [-0.2, 0) is 14.3 Å². The van der Waals surface area contributed by atoms with Crippen molar-refractivity contribution in [3.63, 3.8) is 0 Å². The number of ether oxygens (including phenoxy) is 3. The molecule has 0 saturated heterocycles. The van der Waals surface area contributed by atoms with Gasteiger partial charge in [0.25, 0.3) is 5.56 Å². The predicted molar refractivity (Wildman–Crippen MR) is 148 cm³/mol. The normalized spacial score (nSPS) is 14.9. The number of nitrogens with zero attached hydrogens (tertiary/aromatic N) is 2. The minimum Gasteiger partial charge on any atom is -0.490 e. The molecule has 0 bridgehead atoms. The first-order chi connectivity index (χ1) is 18.2. The molecule has 10 heteroatoms. The van der Waals surface area contributed by atoms with E-state index in [0.717, 1.165) is 11.1 Å². The lowest BCUT2D eigenvalue weighted by Gasteiger charge is -2.24. The Hall–Kier alpha value is -3.76. The number of halogens is 1. The Kier molecular flexibility index (Phi) is 8.43. The number of carbonyl (C=O) groups excluding carboxylic acids is 2. The van der Waals surface area contributed by atoms with Crippen molar-refractivity contribution in [1.82, 2.24) is 4.57 Å². The maximum Gasteiger partial charge on any atom is 0.338 e. The first kappa shape index (κ1) is 27.3. The minimum atomic E-state index is -0.723. The van der Waals surface area contributed by atoms with Crippen LogP contribution in [0.2, 0.25) is 0 Å². The summed E-state index contributed by atoms with van der Waals surface area (Å²) in [6.07, 6.45) is 3.39. The van der Waals surface area contributed by atoms with E-state index in [1.54, 1.807) is 56.3 Å². The summed E-state index contributed by atoms with van der Waals surface area (Å²) in [5.74, 6) is 0.0680. The summed E-state index contributed by atoms with van der Waals surface area (Å²) in [4.78, 5) is 43.1. The third kappa shape index (κ3) is 5.71. The van der Waals surface area contributed by atoms with Gasteiger partial charge in [0, 0.05) is 6.92 Å². The van der Waals surface area contributed by atoms with E-state index in [0.29, 0.717) is 43.2 Å². The Morgan fingerprint density at radius 1 is 1.21 bits per heavy atom. The average Bonchev–Trinajstić information content (AvgIpc) is 3.18. The van der Waals surface area contributed by atoms with Gasteiger partial charge in [-0.05, 0) is 71.2 Å². The molecule has 1 aromatic heterocycles. The van der Waals surface area contributed by atoms with Crippen LogP contribution in [0.25, 0.3) is 6.08 Å². The number of carbonyl (C=O) groups is 2. The van der Waals surface area contributed by atoms with Gasteiger partial charge in [-0.1, -0.05) is 42.2 Å². The van der Waals surface area contributed by atoms with Gasteiger partial charge >= 0.3 is 11.9 Å². The van der Waals surface area contributed by atoms with Gasteiger partial charge in [0.05, 0.1) is 32.9 Å². The molecule has 8 nitrogen and oxygen atoms in total. The Labute approximate surface area is 231 Å². The standard InChI is InChI=1S/C28H25BrN2O6S/c1-5-13-36-20-10-8-19(9-11-20)25-24(27(34)35-6-2)16(3)30-28-31(25)26(33)23(38-28)15-18-7-12-22(21(29)14-18)37-17(4)32/h5,7-12,14-15,25H,1,6,13H2,2-4H3/b23-15-. The summed E-state index contributed by atoms with van der Waals surface area (Å²) in [6, 6.07) is 11.6. The van der Waals surface area contributed by atoms with Crippen molar-refractivity contribution < 1.29 is 23.8 Å². The van der Waals surface area contributed by atoms with Gasteiger partial charge in [-0.3, -0.25) is 14.2 Å². The fourth-order valence-electron chi connectivity index (χ4n) is 4.00. The monoisotopic (exact) mass is 596 g/mol. The van der Waals surface area contributed by atoms with Crippen molar-refractivity contribution in [2.45, 2.75) is 26.8 Å². The van der Waals surface area contributed by atoms with Crippen LogP contribution in [0.5, 0.6) is 11.5 Å². The quantitative estimate of drug-likeness (QED) is 0.221. The molecule has 0 amide bonds. The molecule has 1 unspecified atom stereocenters. The van der Waals surface area contributed by atoms with Crippen molar-refractivity contribution in [3.8, 4) is 11.5 Å². The van der Waals surface area contributed by atoms with E-state index in [4.69, 9.17) is 14.2 Å². The molecule has 0 saturated carbocycles. The molecule has 2 aromatic carbocycles. The largest absolute Gasteiger partial charge is 0.490 e. The summed E-state index contributed by atoms with van der Waals surface area (Å²) in [7, 11) is 0. The molecular formula is C28H25BrN2O6S. The fourth-order valence-corrected chi connectivity index (χ4v) is 5.53. The molecule has 4 rings (SSSR count). The molecule has 1 aliphatic heterocycles. The third-order valence-electron chi connectivity index (χ3n) is 5.59. The number of esters is 2. The van der Waals surface area contributed by atoms with Gasteiger partial charge in [-0.25, -0.2) is 9.79 Å². The summed E-state index contributed by atoms with van der Waals surface area (Å²) in [5.41, 5.74) is 1.94. The number of benzene rings is 2. The van der Waals surface area contributed by atoms with Gasteiger partial charge < -0.3 is 14.2 Å². The van der Waals surface area contributed by atoms with Crippen LogP contribution in [0.3, 0.4) is 0 Å². The van der Waals surface area contributed by atoms with E-state index in [9.17, 15) is 14.4 Å². The molecule has 2 heterocycles. The maximum atomic E-state index is 13.7. The second-order valence-corrected chi connectivity index (χ2v) is 10.1. The summed E-state index contributed by atoms with van der Waals surface area (Å²) in [6.45, 7) is 9.00. The first-order valence-electron chi connectivity index (χ1n) is 11.7. The van der Waals surface area contributed by atoms with Crippen LogP contribution < -0.4 is 24.4 Å². The van der Waals surface area contributed by atoms with Gasteiger partial charge in [0.15, 0.2) is 4.80 Å². The van der Waals surface area contributed by atoms with Crippen LogP contribution in [-0.4, -0.2) is 29.7 Å². The zero-order valence-corrected chi connectivity index (χ0v) is 23.4. The molecule has 1 aliphatic rings. The molecule has 0 spiro atoms. The molecule has 0 N–H and O–H groups in total. The Balaban J connectivity index is 1.84. The average molecular weight is 597 g/mol. The number of allylic oxidation sites excluding steroid dienone is 1. The number of hydrogen-bond donors (Lipinski definition) is 0. The highest BCUT2D eigenvalue weighted by Gasteiger charge is 2.33. The van der Waals surface area contributed by atoms with Crippen molar-refractivity contribution in [2.24, 2.45) is 4.99 Å². The molecule has 0 fully saturated rings. The van der Waals surface area contributed by atoms with Crippen LogP contribution in [0.1, 0.15) is 37.9 Å². The second-order valence-electron chi connectivity index (χ2n) is 8.25. The lowest BCUT2D eigenvalue weighted by molar-refractivity contribution is -0.139. The zero-order chi connectivity index (χ0) is 27.4. The van der Waals surface area contributed by atoms with Gasteiger partial charge in [-0.15, -0.1) is 0 Å². The number of thiazole rings is 1. The van der Waals surface area contributed by atoms with Crippen LogP contribution >= 0.6 is 27.3 Å². The van der Waals surface area contributed by atoms with E-state index in [1.807, 2.05) is 12.1 Å². The number of fused-ring (bicyclic) bond motifs is 1. The zero-order valence-electron chi connectivity index (χ0n) is 21.0. The molecule has 0 aliphatic carbocycles. The Morgan fingerprint density at radius 2 is 1.95 bits per heavy atom. The number of hydrogen-bond acceptors (Lipinski definition) is 8. The predicted octanol–water partition coefficient (Wildman–Crippen LogP) is 4.05. The fraction of sp³-hybridized carbons (Fsp3) is 0.214. The van der Waals surface area contributed by atoms with Gasteiger partial charge in [-0.2, -0.15) is 0 Å². The lowest BCUT2D eigenvalue weighted by Crippen LogP contribution is -2.39. The van der Waals surface area contributed by atoms with Crippen molar-refractivity contribution >= 4 is 45.3 Å². The molecule has 38 heavy (non-hydrogen) atoms. The summed E-state index contributed by atoms with van der Waals surface area (Å²) < 4.78 is 18.6. The first-order valence-corrected chi connectivity index (χ1v) is 13.4. The maximum absolute atomic E-state index is 13.7. The van der Waals surface area contributed by atoms with Crippen LogP contribution in [0, 0.1) is 0 Å². The summed E-state index contributed by atoms with van der Waals surface area (Å²) in [5, 5.41) is 0. The number of aromatic nitrogens is 1. The molecular weight excluding hydrogens is 572 g/mol. The number of rotatable bonds is 8. The highest BCUT2D eigenvalue weighted by molar-refractivity contribution is 9.10. The Morgan fingerprint density at radius 3 is 2.58 bits per heavy atom. The van der Waals surface area contributed by atoms with E-state index in [1.165, 1.54) is 22.8 Å². The Bertz CT molecular complexity index is 1620. The molecule has 0 radical (unpaired) electrons. The van der Waals surface area contributed by atoms with Gasteiger partial charge in [0.2, 0.25) is 0 Å². The van der Waals surface area contributed by atoms with Crippen LogP contribution in [0.15, 0.2) is 80.6 Å². The topological polar surface area (TPSA) is 96.2 Å². The van der Waals surface area contributed by atoms with Crippen molar-refractivity contribution in [3.05, 3.63) is 102 Å².